The second kappa shape index (κ2) is 2.27. The first-order valence-electron chi connectivity index (χ1n) is 3.06. The Hall–Kier alpha value is -0.700. The topological polar surface area (TPSA) is 33.9 Å². The highest BCUT2D eigenvalue weighted by Crippen LogP contribution is 1.87. The van der Waals surface area contributed by atoms with Crippen molar-refractivity contribution >= 4 is 12.1 Å². The molecular formula is C6H11N2O+. The molecule has 1 N–H and O–H groups in total. The second-order valence-corrected chi connectivity index (χ2v) is 2.40. The number of aldehydes is 1. The summed E-state index contributed by atoms with van der Waals surface area (Å²) >= 11 is 0. The largest absolute Gasteiger partial charge is 0.301 e. The van der Waals surface area contributed by atoms with Gasteiger partial charge in [-0.25, -0.2) is 4.99 Å². The zero-order valence-electron chi connectivity index (χ0n) is 5.72. The Bertz CT molecular complexity index is 153. The van der Waals surface area contributed by atoms with Crippen molar-refractivity contribution in [3.05, 3.63) is 0 Å². The molecule has 0 fully saturated rings. The van der Waals surface area contributed by atoms with Crippen molar-refractivity contribution in [1.82, 2.24) is 0 Å². The fourth-order valence-corrected chi connectivity index (χ4v) is 0.945. The molecule has 1 aliphatic rings. The van der Waals surface area contributed by atoms with Crippen LogP contribution in [0, 0.1) is 0 Å². The lowest BCUT2D eigenvalue weighted by Gasteiger charge is -2.01. The summed E-state index contributed by atoms with van der Waals surface area (Å²) < 4.78 is 0. The number of quaternary nitrogens is 1. The van der Waals surface area contributed by atoms with Crippen LogP contribution in [-0.2, 0) is 4.79 Å². The van der Waals surface area contributed by atoms with E-state index in [4.69, 9.17) is 0 Å². The molecule has 2 atom stereocenters. The van der Waals surface area contributed by atoms with Crippen LogP contribution in [0.4, 0.5) is 0 Å². The van der Waals surface area contributed by atoms with Crippen LogP contribution in [0.1, 0.15) is 6.92 Å². The number of carbonyl (C=O) groups excluding carboxylic acids is 1. The van der Waals surface area contributed by atoms with E-state index in [2.05, 4.69) is 4.99 Å². The minimum atomic E-state index is -0.0787. The number of nitrogens with zero attached hydrogens (tertiary/aromatic N) is 1. The van der Waals surface area contributed by atoms with Gasteiger partial charge in [0.2, 0.25) is 0 Å². The highest BCUT2D eigenvalue weighted by Gasteiger charge is 2.22. The number of rotatable bonds is 1. The van der Waals surface area contributed by atoms with E-state index >= 15 is 0 Å². The Labute approximate surface area is 54.4 Å². The monoisotopic (exact) mass is 127 g/mol. The summed E-state index contributed by atoms with van der Waals surface area (Å²) in [5.41, 5.74) is 0. The number of aliphatic imine (C=N–C) groups is 1. The Kier molecular flexibility index (Phi) is 1.62. The molecule has 0 aromatic carbocycles. The van der Waals surface area contributed by atoms with Gasteiger partial charge in [0.1, 0.15) is 6.54 Å². The number of hydrogen-bond acceptors (Lipinski definition) is 2. The van der Waals surface area contributed by atoms with Crippen LogP contribution in [-0.4, -0.2) is 31.8 Å². The van der Waals surface area contributed by atoms with Crippen LogP contribution in [0.5, 0.6) is 0 Å². The number of nitrogens with one attached hydrogen (secondary N) is 1. The van der Waals surface area contributed by atoms with E-state index in [9.17, 15) is 4.79 Å². The third-order valence-electron chi connectivity index (χ3n) is 1.65. The number of carbonyl (C=O) groups is 1. The first kappa shape index (κ1) is 6.42. The third kappa shape index (κ3) is 1.16. The normalized spacial score (nSPS) is 34.2. The Morgan fingerprint density at radius 3 is 2.78 bits per heavy atom. The smallest absolute Gasteiger partial charge is 0.194 e. The highest BCUT2D eigenvalue weighted by atomic mass is 16.1. The van der Waals surface area contributed by atoms with Crippen molar-refractivity contribution in [2.24, 2.45) is 4.99 Å². The molecule has 3 heteroatoms. The van der Waals surface area contributed by atoms with Crippen LogP contribution in [0.3, 0.4) is 0 Å². The molecule has 0 aromatic heterocycles. The lowest BCUT2D eigenvalue weighted by atomic mass is 10.3. The maximum Gasteiger partial charge on any atom is 0.194 e. The third-order valence-corrected chi connectivity index (χ3v) is 1.65. The maximum absolute atomic E-state index is 10.2. The lowest BCUT2D eigenvalue weighted by Crippen LogP contribution is -3.10. The van der Waals surface area contributed by atoms with Crippen LogP contribution < -0.4 is 4.90 Å². The fourth-order valence-electron chi connectivity index (χ4n) is 0.945. The summed E-state index contributed by atoms with van der Waals surface area (Å²) in [7, 11) is 2.02. The van der Waals surface area contributed by atoms with E-state index in [1.807, 2.05) is 14.0 Å². The molecule has 0 bridgehead atoms. The molecule has 1 heterocycles. The van der Waals surface area contributed by atoms with Gasteiger partial charge in [-0.05, 0) is 0 Å². The van der Waals surface area contributed by atoms with Gasteiger partial charge in [-0.3, -0.25) is 4.90 Å². The van der Waals surface area contributed by atoms with Gasteiger partial charge in [0.15, 0.2) is 18.2 Å². The van der Waals surface area contributed by atoms with Crippen LogP contribution in [0.15, 0.2) is 4.99 Å². The minimum Gasteiger partial charge on any atom is -0.301 e. The van der Waals surface area contributed by atoms with Gasteiger partial charge in [0.05, 0.1) is 7.05 Å². The Morgan fingerprint density at radius 2 is 2.56 bits per heavy atom. The zero-order valence-corrected chi connectivity index (χ0v) is 5.72. The molecule has 9 heavy (non-hydrogen) atoms. The van der Waals surface area contributed by atoms with Gasteiger partial charge in [0, 0.05) is 6.92 Å². The van der Waals surface area contributed by atoms with E-state index in [-0.39, 0.29) is 6.04 Å². The molecule has 0 aromatic rings. The molecule has 0 amide bonds. The molecule has 3 nitrogen and oxygen atoms in total. The minimum absolute atomic E-state index is 0.0787. The fraction of sp³-hybridized carbons (Fsp3) is 0.667. The molecular weight excluding hydrogens is 116 g/mol. The van der Waals surface area contributed by atoms with Crippen molar-refractivity contribution < 1.29 is 9.69 Å². The molecule has 0 spiro atoms. The SMILES string of the molecule is CC1=NC(C=O)C[NH+]1C. The van der Waals surface area contributed by atoms with Crippen molar-refractivity contribution in [3.63, 3.8) is 0 Å². The van der Waals surface area contributed by atoms with Gasteiger partial charge in [-0.1, -0.05) is 0 Å². The summed E-state index contributed by atoms with van der Waals surface area (Å²) in [6.45, 7) is 2.77. The van der Waals surface area contributed by atoms with Crippen molar-refractivity contribution in [2.45, 2.75) is 13.0 Å². The molecule has 0 saturated carbocycles. The van der Waals surface area contributed by atoms with E-state index in [0.717, 1.165) is 18.7 Å². The van der Waals surface area contributed by atoms with Gasteiger partial charge >= 0.3 is 0 Å². The molecule has 0 aliphatic carbocycles. The van der Waals surface area contributed by atoms with E-state index in [0.29, 0.717) is 0 Å². The number of hydrogen-bond donors (Lipinski definition) is 1. The van der Waals surface area contributed by atoms with Gasteiger partial charge in [-0.2, -0.15) is 0 Å². The van der Waals surface area contributed by atoms with Crippen LogP contribution in [0.2, 0.25) is 0 Å². The number of likely N-dealkylation sites (N-methyl/N-ethyl adjacent to an activating group) is 1. The predicted molar refractivity (Wildman–Crippen MR) is 34.7 cm³/mol. The Balaban J connectivity index is 2.62. The van der Waals surface area contributed by atoms with Crippen molar-refractivity contribution in [2.75, 3.05) is 13.6 Å². The van der Waals surface area contributed by atoms with E-state index in [1.165, 1.54) is 4.90 Å². The van der Waals surface area contributed by atoms with Gasteiger partial charge in [-0.15, -0.1) is 0 Å². The molecule has 1 aliphatic heterocycles. The quantitative estimate of drug-likeness (QED) is 0.427. The predicted octanol–water partition coefficient (Wildman–Crippen LogP) is -1.50. The second-order valence-electron chi connectivity index (χ2n) is 2.40. The lowest BCUT2D eigenvalue weighted by molar-refractivity contribution is -0.776. The standard InChI is InChI=1S/C6H10N2O/c1-5-7-6(4-9)3-8(5)2/h4,6H,3H2,1-2H3/p+1. The zero-order chi connectivity index (χ0) is 6.85. The molecule has 0 saturated heterocycles. The molecule has 0 radical (unpaired) electrons. The summed E-state index contributed by atoms with van der Waals surface area (Å²) in [5, 5.41) is 0. The average Bonchev–Trinajstić information content (AvgIpc) is 2.13. The van der Waals surface area contributed by atoms with Crippen LogP contribution in [0.25, 0.3) is 0 Å². The maximum atomic E-state index is 10.2. The summed E-state index contributed by atoms with van der Waals surface area (Å²) in [6, 6.07) is -0.0787. The van der Waals surface area contributed by atoms with Gasteiger partial charge in [0.25, 0.3) is 0 Å². The van der Waals surface area contributed by atoms with Crippen LogP contribution >= 0.6 is 0 Å². The first-order valence-corrected chi connectivity index (χ1v) is 3.06. The van der Waals surface area contributed by atoms with Gasteiger partial charge < -0.3 is 4.79 Å². The summed E-state index contributed by atoms with van der Waals surface area (Å²) in [6.07, 6.45) is 0.903. The van der Waals surface area contributed by atoms with Crippen molar-refractivity contribution in [1.29, 1.82) is 0 Å². The Morgan fingerprint density at radius 1 is 1.89 bits per heavy atom. The van der Waals surface area contributed by atoms with Crippen molar-refractivity contribution in [3.8, 4) is 0 Å². The first-order chi connectivity index (χ1) is 4.24. The number of amidine groups is 1. The van der Waals surface area contributed by atoms with E-state index < -0.39 is 0 Å². The molecule has 1 rings (SSSR count). The highest BCUT2D eigenvalue weighted by molar-refractivity contribution is 5.76. The molecule has 50 valence electrons. The average molecular weight is 127 g/mol. The van der Waals surface area contributed by atoms with E-state index in [1.54, 1.807) is 0 Å². The summed E-state index contributed by atoms with van der Waals surface area (Å²) in [5.74, 6) is 1.03. The molecule has 2 unspecified atom stereocenters. The summed E-state index contributed by atoms with van der Waals surface area (Å²) in [4.78, 5) is 15.5.